The van der Waals surface area contributed by atoms with Crippen molar-refractivity contribution in [2.45, 2.75) is 77.6 Å². The third-order valence-electron chi connectivity index (χ3n) is 9.85. The molecule has 5 rings (SSSR count). The number of benzene rings is 3. The molecule has 2 heterocycles. The van der Waals surface area contributed by atoms with Gasteiger partial charge >= 0.3 is 0 Å². The molecule has 51 heavy (non-hydrogen) atoms. The van der Waals surface area contributed by atoms with Gasteiger partial charge in [0.1, 0.15) is 6.54 Å². The third-order valence-corrected chi connectivity index (χ3v) is 10.2. The van der Waals surface area contributed by atoms with Crippen molar-refractivity contribution in [3.63, 3.8) is 0 Å². The first-order valence-electron chi connectivity index (χ1n) is 18.4. The molecule has 0 radical (unpaired) electrons. The molecule has 0 atom stereocenters. The number of carbonyl (C=O) groups excluding carboxylic acids is 1. The van der Waals surface area contributed by atoms with Crippen LogP contribution in [0.5, 0.6) is 11.5 Å². The van der Waals surface area contributed by atoms with E-state index in [0.29, 0.717) is 19.5 Å². The van der Waals surface area contributed by atoms with Crippen LogP contribution in [-0.4, -0.2) is 57.6 Å². The zero-order valence-corrected chi connectivity index (χ0v) is 31.1. The molecule has 0 aromatic heterocycles. The van der Waals surface area contributed by atoms with Crippen LogP contribution in [0.4, 0.5) is 11.4 Å². The maximum absolute atomic E-state index is 12.4. The number of carbonyl (C=O) groups is 1. The summed E-state index contributed by atoms with van der Waals surface area (Å²) >= 11 is 5.42. The molecule has 268 valence electrons. The van der Waals surface area contributed by atoms with Crippen LogP contribution in [0.3, 0.4) is 0 Å². The van der Waals surface area contributed by atoms with Gasteiger partial charge in [-0.05, 0) is 88.3 Å². The van der Waals surface area contributed by atoms with Gasteiger partial charge in [0.05, 0.1) is 10.4 Å². The van der Waals surface area contributed by atoms with Gasteiger partial charge in [-0.3, -0.25) is 4.79 Å². The Morgan fingerprint density at radius 2 is 1.69 bits per heavy atom. The van der Waals surface area contributed by atoms with Crippen molar-refractivity contribution < 1.29 is 19.6 Å². The monoisotopic (exact) mass is 705 g/mol. The van der Waals surface area contributed by atoms with Crippen LogP contribution in [0.25, 0.3) is 0 Å². The van der Waals surface area contributed by atoms with Gasteiger partial charge in [0.25, 0.3) is 0 Å². The van der Waals surface area contributed by atoms with Crippen LogP contribution >= 0.6 is 12.2 Å². The molecule has 0 unspecified atom stereocenters. The van der Waals surface area contributed by atoms with E-state index >= 15 is 0 Å². The first-order chi connectivity index (χ1) is 24.7. The number of aromatic hydroxyl groups is 2. The molecule has 4 N–H and O–H groups in total. The van der Waals surface area contributed by atoms with Crippen molar-refractivity contribution in [2.75, 3.05) is 31.1 Å². The molecule has 1 amide bonds. The number of rotatable bonds is 17. The minimum Gasteiger partial charge on any atom is -0.504 e. The minimum atomic E-state index is -0.111. The van der Waals surface area contributed by atoms with Crippen LogP contribution in [0.15, 0.2) is 103 Å². The molecule has 2 aliphatic rings. The van der Waals surface area contributed by atoms with E-state index in [1.165, 1.54) is 40.0 Å². The highest BCUT2D eigenvalue weighted by atomic mass is 32.1. The molecule has 0 spiro atoms. The highest BCUT2D eigenvalue weighted by molar-refractivity contribution is 7.80. The quantitative estimate of drug-likeness (QED) is 0.0373. The Balaban J connectivity index is 1.01. The van der Waals surface area contributed by atoms with Crippen molar-refractivity contribution in [1.29, 1.82) is 0 Å². The summed E-state index contributed by atoms with van der Waals surface area (Å²) in [5.41, 5.74) is 8.89. The lowest BCUT2D eigenvalue weighted by molar-refractivity contribution is -0.433. The van der Waals surface area contributed by atoms with Crippen LogP contribution in [0.1, 0.15) is 76.0 Å². The van der Waals surface area contributed by atoms with Crippen molar-refractivity contribution in [3.05, 3.63) is 119 Å². The van der Waals surface area contributed by atoms with Crippen molar-refractivity contribution in [3.8, 4) is 11.5 Å². The molecule has 0 bridgehead atoms. The van der Waals surface area contributed by atoms with E-state index in [2.05, 4.69) is 120 Å². The van der Waals surface area contributed by atoms with Crippen LogP contribution < -0.4 is 15.5 Å². The number of phenolic OH excluding ortho intramolecular Hbond substituents is 2. The Kier molecular flexibility index (Phi) is 13.3. The number of nitrogens with zero attached hydrogens (tertiary/aromatic N) is 2. The summed E-state index contributed by atoms with van der Waals surface area (Å²) in [6.07, 6.45) is 17.6. The van der Waals surface area contributed by atoms with E-state index in [1.54, 1.807) is 12.1 Å². The van der Waals surface area contributed by atoms with Crippen LogP contribution in [0, 0.1) is 0 Å². The number of aryl methyl sites for hydroxylation is 1. The van der Waals surface area contributed by atoms with E-state index < -0.39 is 0 Å². The fourth-order valence-electron chi connectivity index (χ4n) is 7.13. The smallest absolute Gasteiger partial charge is 0.220 e. The number of nitrogens with one attached hydrogen (secondary N) is 2. The van der Waals surface area contributed by atoms with E-state index in [4.69, 9.17) is 12.2 Å². The molecule has 3 aromatic carbocycles. The number of hydrogen-bond acceptors (Lipinski definition) is 5. The summed E-state index contributed by atoms with van der Waals surface area (Å²) in [7, 11) is 0. The number of hydrogen-bond donors (Lipinski definition) is 4. The molecule has 0 aliphatic carbocycles. The molecule has 2 aliphatic heterocycles. The van der Waals surface area contributed by atoms with E-state index in [1.807, 2.05) is 0 Å². The molecule has 3 aromatic rings. The molecule has 7 nitrogen and oxygen atoms in total. The number of thiocarbonyl (C=S) groups is 1. The normalized spacial score (nSPS) is 15.6. The predicted octanol–water partition coefficient (Wildman–Crippen LogP) is 8.17. The third kappa shape index (κ3) is 9.76. The number of allylic oxidation sites excluding steroid dienone is 6. The number of anilines is 1. The lowest BCUT2D eigenvalue weighted by Crippen LogP contribution is -2.33. The van der Waals surface area contributed by atoms with Crippen LogP contribution in [-0.2, 0) is 23.1 Å². The zero-order valence-electron chi connectivity index (χ0n) is 30.3. The van der Waals surface area contributed by atoms with Gasteiger partial charge in [0.2, 0.25) is 11.6 Å². The highest BCUT2D eigenvalue weighted by Gasteiger charge is 2.43. The van der Waals surface area contributed by atoms with Gasteiger partial charge in [-0.25, -0.2) is 0 Å². The first-order valence-corrected chi connectivity index (χ1v) is 18.8. The second-order valence-corrected chi connectivity index (χ2v) is 14.3. The molecule has 0 fully saturated rings. The molecule has 0 saturated carbocycles. The fraction of sp³-hybridized carbons (Fsp3) is 0.372. The number of unbranched alkanes of at least 4 members (excludes halogenated alkanes) is 2. The lowest BCUT2D eigenvalue weighted by Gasteiger charge is -2.21. The second kappa shape index (κ2) is 18.0. The number of para-hydroxylation sites is 2. The Morgan fingerprint density at radius 1 is 0.902 bits per heavy atom. The van der Waals surface area contributed by atoms with Gasteiger partial charge in [0, 0.05) is 61.6 Å². The summed E-state index contributed by atoms with van der Waals surface area (Å²) in [5.74, 6) is -0.140. The summed E-state index contributed by atoms with van der Waals surface area (Å²) in [6.45, 7) is 9.84. The van der Waals surface area contributed by atoms with E-state index in [9.17, 15) is 15.0 Å². The largest absolute Gasteiger partial charge is 0.504 e. The van der Waals surface area contributed by atoms with Crippen molar-refractivity contribution >= 4 is 40.2 Å². The van der Waals surface area contributed by atoms with Gasteiger partial charge in [-0.15, -0.1) is 0 Å². The standard InChI is InChI=1S/C43H52N4O3S/c1-4-46-37-21-13-11-19-35(37)43(2,3)40(46)22-8-5-7-18-34-31-33-17-10-12-20-36(33)47(34)29-14-6-9-23-41(50)44-27-28-45-42(51)24-15-16-32-25-26-38(48)39(49)30-32/h5,7-8,10-13,17-22,25-26,30H,4,6,9,14-16,23-24,27-29,31H2,1-3H3,(H3-,44,45,48,49,50,51)/p+1. The maximum Gasteiger partial charge on any atom is 0.220 e. The molecular weight excluding hydrogens is 653 g/mol. The van der Waals surface area contributed by atoms with Gasteiger partial charge in [-0.1, -0.05) is 79.3 Å². The fourth-order valence-corrected chi connectivity index (χ4v) is 7.38. The van der Waals surface area contributed by atoms with E-state index in [0.717, 1.165) is 68.6 Å². The first kappa shape index (κ1) is 37.6. The molecule has 8 heteroatoms. The summed E-state index contributed by atoms with van der Waals surface area (Å²) < 4.78 is 2.42. The molecular formula is C43H53N4O3S+. The van der Waals surface area contributed by atoms with Gasteiger partial charge in [0.15, 0.2) is 17.2 Å². The lowest BCUT2D eigenvalue weighted by atomic mass is 9.81. The SMILES string of the molecule is CC[N+]1=C(C=CC=CC=C2Cc3ccccc3N2CCCCCC(=O)NCCNC(=S)CCCc2ccc(O)c(O)c2)C(C)(C)c2ccccc21. The van der Waals surface area contributed by atoms with Gasteiger partial charge < -0.3 is 25.7 Å². The topological polar surface area (TPSA) is 87.8 Å². The molecule has 0 saturated heterocycles. The van der Waals surface area contributed by atoms with Crippen molar-refractivity contribution in [1.82, 2.24) is 10.6 Å². The van der Waals surface area contributed by atoms with Crippen molar-refractivity contribution in [2.24, 2.45) is 0 Å². The number of phenols is 2. The second-order valence-electron chi connectivity index (χ2n) is 13.8. The maximum atomic E-state index is 12.4. The summed E-state index contributed by atoms with van der Waals surface area (Å²) in [5, 5.41) is 25.3. The summed E-state index contributed by atoms with van der Waals surface area (Å²) in [6, 6.07) is 22.3. The zero-order chi connectivity index (χ0) is 36.2. The number of amides is 1. The average Bonchev–Trinajstić information content (AvgIpc) is 3.58. The Labute approximate surface area is 309 Å². The average molecular weight is 706 g/mol. The minimum absolute atomic E-state index is 0.0314. The van der Waals surface area contributed by atoms with Gasteiger partial charge in [-0.2, -0.15) is 4.58 Å². The predicted molar refractivity (Wildman–Crippen MR) is 214 cm³/mol. The highest BCUT2D eigenvalue weighted by Crippen LogP contribution is 2.39. The van der Waals surface area contributed by atoms with E-state index in [-0.39, 0.29) is 22.8 Å². The summed E-state index contributed by atoms with van der Waals surface area (Å²) in [4.78, 5) is 15.6. The Morgan fingerprint density at radius 3 is 2.51 bits per heavy atom. The Bertz CT molecular complexity index is 1820. The Hall–Kier alpha value is -4.69. The number of fused-ring (bicyclic) bond motifs is 2. The van der Waals surface area contributed by atoms with Crippen LogP contribution in [0.2, 0.25) is 0 Å².